The summed E-state index contributed by atoms with van der Waals surface area (Å²) in [6.45, 7) is 4.41. The highest BCUT2D eigenvalue weighted by Crippen LogP contribution is 2.65. The molecule has 4 aliphatic carbocycles. The molecular formula is C14H27NO4S. The van der Waals surface area contributed by atoms with Crippen molar-refractivity contribution < 1.29 is 18.1 Å². The molecule has 4 N–H and O–H groups in total. The van der Waals surface area contributed by atoms with E-state index < -0.39 is 22.5 Å². The van der Waals surface area contributed by atoms with Crippen molar-refractivity contribution in [1.82, 2.24) is 0 Å². The lowest BCUT2D eigenvalue weighted by molar-refractivity contribution is -0.104. The van der Waals surface area contributed by atoms with E-state index in [4.69, 9.17) is 15.4 Å². The van der Waals surface area contributed by atoms with Crippen molar-refractivity contribution in [1.29, 1.82) is 0 Å². The minimum Gasteiger partial charge on any atom is -0.395 e. The summed E-state index contributed by atoms with van der Waals surface area (Å²) in [6.07, 6.45) is 8.27. The van der Waals surface area contributed by atoms with Crippen LogP contribution in [-0.2, 0) is 10.1 Å². The van der Waals surface area contributed by atoms with Crippen molar-refractivity contribution in [2.75, 3.05) is 12.4 Å². The van der Waals surface area contributed by atoms with Crippen LogP contribution in [-0.4, -0.2) is 36.0 Å². The van der Waals surface area contributed by atoms with Gasteiger partial charge in [-0.1, -0.05) is 13.8 Å². The molecule has 4 rings (SSSR count). The first-order chi connectivity index (χ1) is 8.97. The Morgan fingerprint density at radius 3 is 1.85 bits per heavy atom. The van der Waals surface area contributed by atoms with E-state index in [0.717, 1.165) is 5.92 Å². The fourth-order valence-corrected chi connectivity index (χ4v) is 5.88. The second-order valence-electron chi connectivity index (χ2n) is 8.00. The van der Waals surface area contributed by atoms with Crippen molar-refractivity contribution in [3.63, 3.8) is 0 Å². The van der Waals surface area contributed by atoms with E-state index >= 15 is 0 Å². The van der Waals surface area contributed by atoms with E-state index in [-0.39, 0.29) is 5.54 Å². The maximum atomic E-state index is 9.63. The first-order valence-corrected chi connectivity index (χ1v) is 8.93. The van der Waals surface area contributed by atoms with Gasteiger partial charge in [-0.25, -0.2) is 0 Å². The Balaban J connectivity index is 0.000000182. The predicted octanol–water partition coefficient (Wildman–Crippen LogP) is 1.56. The molecule has 0 heterocycles. The fraction of sp³-hybridized carbons (Fsp3) is 1.00. The SMILES string of the molecule is CC12CC3CC(C)(C1)CC(N)(C3)C2.O=S(=O)(O)CCO. The van der Waals surface area contributed by atoms with Gasteiger partial charge in [-0.3, -0.25) is 4.55 Å². The Bertz CT molecular complexity index is 425. The minimum absolute atomic E-state index is 0.225. The molecule has 6 heteroatoms. The minimum atomic E-state index is -3.92. The molecule has 20 heavy (non-hydrogen) atoms. The van der Waals surface area contributed by atoms with Gasteiger partial charge in [0, 0.05) is 5.54 Å². The van der Waals surface area contributed by atoms with Crippen LogP contribution in [0.1, 0.15) is 52.4 Å². The van der Waals surface area contributed by atoms with Gasteiger partial charge in [0.25, 0.3) is 10.1 Å². The molecule has 5 nitrogen and oxygen atoms in total. The van der Waals surface area contributed by atoms with Crippen molar-refractivity contribution in [3.8, 4) is 0 Å². The predicted molar refractivity (Wildman–Crippen MR) is 77.8 cm³/mol. The smallest absolute Gasteiger partial charge is 0.267 e. The number of hydrogen-bond acceptors (Lipinski definition) is 4. The highest BCUT2D eigenvalue weighted by Gasteiger charge is 2.58. The van der Waals surface area contributed by atoms with Crippen LogP contribution in [0.3, 0.4) is 0 Å². The normalized spacial score (nSPS) is 46.0. The fourth-order valence-electron chi connectivity index (χ4n) is 5.65. The van der Waals surface area contributed by atoms with Crippen molar-refractivity contribution in [3.05, 3.63) is 0 Å². The van der Waals surface area contributed by atoms with Gasteiger partial charge >= 0.3 is 0 Å². The summed E-state index contributed by atoms with van der Waals surface area (Å²) in [4.78, 5) is 0. The monoisotopic (exact) mass is 305 g/mol. The molecule has 0 aromatic heterocycles. The van der Waals surface area contributed by atoms with Crippen molar-refractivity contribution >= 4 is 10.1 Å². The van der Waals surface area contributed by atoms with Gasteiger partial charge in [-0.15, -0.1) is 0 Å². The first kappa shape index (κ1) is 16.2. The highest BCUT2D eigenvalue weighted by atomic mass is 32.2. The zero-order valence-corrected chi connectivity index (χ0v) is 13.2. The molecular weight excluding hydrogens is 278 g/mol. The zero-order chi connectivity index (χ0) is 15.2. The molecule has 2 unspecified atom stereocenters. The third-order valence-corrected chi connectivity index (χ3v) is 5.72. The lowest BCUT2D eigenvalue weighted by atomic mass is 9.43. The largest absolute Gasteiger partial charge is 0.395 e. The van der Waals surface area contributed by atoms with E-state index in [2.05, 4.69) is 13.8 Å². The number of hydrogen-bond donors (Lipinski definition) is 3. The molecule has 0 spiro atoms. The third-order valence-electron chi connectivity index (χ3n) is 5.02. The first-order valence-electron chi connectivity index (χ1n) is 7.32. The van der Waals surface area contributed by atoms with Crippen LogP contribution in [0.15, 0.2) is 0 Å². The van der Waals surface area contributed by atoms with Gasteiger partial charge in [0.15, 0.2) is 0 Å². The van der Waals surface area contributed by atoms with Crippen LogP contribution >= 0.6 is 0 Å². The second kappa shape index (κ2) is 4.93. The average Bonchev–Trinajstić information content (AvgIpc) is 2.06. The number of aliphatic hydroxyl groups excluding tert-OH is 1. The zero-order valence-electron chi connectivity index (χ0n) is 12.4. The van der Waals surface area contributed by atoms with E-state index in [1.54, 1.807) is 0 Å². The lowest BCUT2D eigenvalue weighted by Crippen LogP contribution is -2.62. The number of aliphatic hydroxyl groups is 1. The maximum Gasteiger partial charge on any atom is 0.267 e. The average molecular weight is 305 g/mol. The quantitative estimate of drug-likeness (QED) is 0.672. The second-order valence-corrected chi connectivity index (χ2v) is 9.57. The molecule has 4 saturated carbocycles. The van der Waals surface area contributed by atoms with Gasteiger partial charge in [0.2, 0.25) is 0 Å². The standard InChI is InChI=1S/C12H21N.C2H6O4S/c1-10-3-9-4-11(2,6-10)8-12(13,5-9)7-10;3-1-2-7(4,5)6/h9H,3-8,13H2,1-2H3;3H,1-2H2,(H,4,5,6). The van der Waals surface area contributed by atoms with E-state index in [1.807, 2.05) is 0 Å². The van der Waals surface area contributed by atoms with Crippen LogP contribution in [0, 0.1) is 16.7 Å². The summed E-state index contributed by atoms with van der Waals surface area (Å²) in [5.41, 5.74) is 7.92. The molecule has 4 fully saturated rings. The lowest BCUT2D eigenvalue weighted by Gasteiger charge is -2.64. The summed E-state index contributed by atoms with van der Waals surface area (Å²) in [5, 5.41) is 7.86. The van der Waals surface area contributed by atoms with E-state index in [9.17, 15) is 8.42 Å². The summed E-state index contributed by atoms with van der Waals surface area (Å²) < 4.78 is 27.1. The molecule has 2 atom stereocenters. The highest BCUT2D eigenvalue weighted by molar-refractivity contribution is 7.85. The summed E-state index contributed by atoms with van der Waals surface area (Å²) in [5.74, 6) is 0.378. The molecule has 0 saturated heterocycles. The Morgan fingerprint density at radius 1 is 1.10 bits per heavy atom. The molecule has 4 bridgehead atoms. The molecule has 0 aromatic rings. The van der Waals surface area contributed by atoms with Gasteiger partial charge in [-0.2, -0.15) is 8.42 Å². The van der Waals surface area contributed by atoms with E-state index in [0.29, 0.717) is 10.8 Å². The van der Waals surface area contributed by atoms with Crippen LogP contribution in [0.4, 0.5) is 0 Å². The summed E-state index contributed by atoms with van der Waals surface area (Å²) >= 11 is 0. The van der Waals surface area contributed by atoms with Crippen LogP contribution in [0.25, 0.3) is 0 Å². The van der Waals surface area contributed by atoms with Crippen molar-refractivity contribution in [2.24, 2.45) is 22.5 Å². The van der Waals surface area contributed by atoms with Crippen LogP contribution in [0.2, 0.25) is 0 Å². The van der Waals surface area contributed by atoms with Gasteiger partial charge in [-0.05, 0) is 55.3 Å². The van der Waals surface area contributed by atoms with Gasteiger partial charge in [0.1, 0.15) is 0 Å². The molecule has 118 valence electrons. The summed E-state index contributed by atoms with van der Waals surface area (Å²) in [7, 11) is -3.92. The Morgan fingerprint density at radius 2 is 1.60 bits per heavy atom. The summed E-state index contributed by atoms with van der Waals surface area (Å²) in [6, 6.07) is 0. The molecule has 0 aromatic carbocycles. The maximum absolute atomic E-state index is 9.63. The number of rotatable bonds is 2. The Kier molecular flexibility index (Phi) is 4.00. The topological polar surface area (TPSA) is 101 Å². The number of nitrogens with two attached hydrogens (primary N) is 1. The van der Waals surface area contributed by atoms with Crippen LogP contribution in [0.5, 0.6) is 0 Å². The van der Waals surface area contributed by atoms with E-state index in [1.165, 1.54) is 38.5 Å². The molecule has 0 radical (unpaired) electrons. The van der Waals surface area contributed by atoms with Gasteiger partial charge in [0.05, 0.1) is 12.4 Å². The molecule has 0 aliphatic heterocycles. The Labute approximate surface area is 121 Å². The van der Waals surface area contributed by atoms with Gasteiger partial charge < -0.3 is 10.8 Å². The van der Waals surface area contributed by atoms with Crippen molar-refractivity contribution in [2.45, 2.75) is 57.9 Å². The molecule has 4 aliphatic rings. The Hall–Kier alpha value is -0.170. The van der Waals surface area contributed by atoms with Crippen LogP contribution < -0.4 is 5.73 Å². The molecule has 0 amide bonds. The third kappa shape index (κ3) is 3.72.